The summed E-state index contributed by atoms with van der Waals surface area (Å²) in [5.41, 5.74) is 0.640. The lowest BCUT2D eigenvalue weighted by Crippen LogP contribution is -2.45. The van der Waals surface area contributed by atoms with Crippen LogP contribution in [0, 0.1) is 5.82 Å². The lowest BCUT2D eigenvalue weighted by atomic mass is 10.2. The van der Waals surface area contributed by atoms with E-state index in [0.717, 1.165) is 0 Å². The third-order valence-electron chi connectivity index (χ3n) is 4.01. The predicted octanol–water partition coefficient (Wildman–Crippen LogP) is 1.93. The van der Waals surface area contributed by atoms with Gasteiger partial charge in [-0.25, -0.2) is 4.39 Å². The Morgan fingerprint density at radius 2 is 2.15 bits per heavy atom. The van der Waals surface area contributed by atoms with Crippen LogP contribution in [-0.4, -0.2) is 58.1 Å². The highest BCUT2D eigenvalue weighted by Gasteiger charge is 2.29. The summed E-state index contributed by atoms with van der Waals surface area (Å²) in [6, 6.07) is 5.77. The minimum atomic E-state index is -0.341. The molecule has 3 rings (SSSR count). The van der Waals surface area contributed by atoms with Gasteiger partial charge in [0.1, 0.15) is 11.1 Å². The summed E-state index contributed by atoms with van der Waals surface area (Å²) in [7, 11) is 1.35. The van der Waals surface area contributed by atoms with E-state index < -0.39 is 0 Å². The molecule has 0 bridgehead atoms. The van der Waals surface area contributed by atoms with Gasteiger partial charge < -0.3 is 14.2 Å². The molecule has 2 aromatic rings. The number of esters is 1. The highest BCUT2D eigenvalue weighted by Crippen LogP contribution is 2.21. The number of rotatable bonds is 5. The number of amides is 1. The van der Waals surface area contributed by atoms with Crippen LogP contribution >= 0.6 is 11.8 Å². The van der Waals surface area contributed by atoms with E-state index >= 15 is 0 Å². The van der Waals surface area contributed by atoms with Crippen molar-refractivity contribution in [3.63, 3.8) is 0 Å². The van der Waals surface area contributed by atoms with Crippen LogP contribution < -0.4 is 0 Å². The molecule has 0 unspecified atom stereocenters. The van der Waals surface area contributed by atoms with Crippen molar-refractivity contribution in [1.82, 2.24) is 15.0 Å². The number of ether oxygens (including phenoxy) is 1. The molecular weight excluding hydrogens is 361 g/mol. The van der Waals surface area contributed by atoms with Crippen molar-refractivity contribution in [1.29, 1.82) is 0 Å². The van der Waals surface area contributed by atoms with Gasteiger partial charge in [0.15, 0.2) is 0 Å². The normalized spacial score (nSPS) is 17.2. The molecule has 1 amide bonds. The maximum absolute atomic E-state index is 13.0. The van der Waals surface area contributed by atoms with E-state index in [2.05, 4.69) is 10.1 Å². The van der Waals surface area contributed by atoms with Crippen LogP contribution in [0.25, 0.3) is 11.4 Å². The summed E-state index contributed by atoms with van der Waals surface area (Å²) in [6.45, 7) is 0.947. The molecule has 7 nitrogen and oxygen atoms in total. The Kier molecular flexibility index (Phi) is 5.87. The fraction of sp³-hybridized carbons (Fsp3) is 0.412. The second-order valence-electron chi connectivity index (χ2n) is 5.74. The van der Waals surface area contributed by atoms with Crippen molar-refractivity contribution >= 4 is 23.6 Å². The van der Waals surface area contributed by atoms with Crippen LogP contribution in [0.3, 0.4) is 0 Å². The smallest absolute Gasteiger partial charge is 0.320 e. The van der Waals surface area contributed by atoms with Gasteiger partial charge in [-0.3, -0.25) is 9.59 Å². The summed E-state index contributed by atoms with van der Waals surface area (Å²) < 4.78 is 22.9. The van der Waals surface area contributed by atoms with E-state index in [9.17, 15) is 14.0 Å². The van der Waals surface area contributed by atoms with Gasteiger partial charge in [0.05, 0.1) is 7.11 Å². The number of benzene rings is 1. The Hall–Kier alpha value is -2.42. The zero-order valence-electron chi connectivity index (χ0n) is 14.2. The number of carbonyl (C=O) groups excluding carboxylic acids is 2. The van der Waals surface area contributed by atoms with E-state index in [4.69, 9.17) is 9.26 Å². The fourth-order valence-corrected chi connectivity index (χ4v) is 3.72. The third-order valence-corrected chi connectivity index (χ3v) is 5.17. The summed E-state index contributed by atoms with van der Waals surface area (Å²) >= 11 is 1.50. The lowest BCUT2D eigenvalue weighted by Gasteiger charge is -2.30. The van der Waals surface area contributed by atoms with Crippen molar-refractivity contribution in [2.45, 2.75) is 18.1 Å². The Labute approximate surface area is 153 Å². The molecule has 1 saturated heterocycles. The molecular formula is C17H18FN3O4S. The average molecular weight is 379 g/mol. The van der Waals surface area contributed by atoms with Crippen molar-refractivity contribution < 1.29 is 23.2 Å². The predicted molar refractivity (Wildman–Crippen MR) is 92.9 cm³/mol. The zero-order chi connectivity index (χ0) is 18.5. The standard InChI is InChI=1S/C17H18FN3O4S/c1-24-17(23)13-10-21(8-9-26-13)15(22)7-6-14-19-16(20-25-14)11-2-4-12(18)5-3-11/h2-5,13H,6-10H2,1H3/t13-/m1/s1. The minimum Gasteiger partial charge on any atom is -0.468 e. The summed E-state index contributed by atoms with van der Waals surface area (Å²) in [5, 5.41) is 3.51. The van der Waals surface area contributed by atoms with Crippen LogP contribution in [-0.2, 0) is 20.7 Å². The first-order valence-electron chi connectivity index (χ1n) is 8.12. The van der Waals surface area contributed by atoms with Gasteiger partial charge in [0.2, 0.25) is 17.6 Å². The van der Waals surface area contributed by atoms with Gasteiger partial charge in [0.25, 0.3) is 0 Å². The summed E-state index contributed by atoms with van der Waals surface area (Å²) in [4.78, 5) is 29.9. The van der Waals surface area contributed by atoms with Crippen molar-refractivity contribution in [2.24, 2.45) is 0 Å². The molecule has 1 fully saturated rings. The first-order chi connectivity index (χ1) is 12.6. The second kappa shape index (κ2) is 8.31. The highest BCUT2D eigenvalue weighted by molar-refractivity contribution is 8.00. The number of aryl methyl sites for hydroxylation is 1. The average Bonchev–Trinajstić information content (AvgIpc) is 3.15. The Balaban J connectivity index is 1.55. The maximum atomic E-state index is 13.0. The van der Waals surface area contributed by atoms with E-state index in [0.29, 0.717) is 42.5 Å². The summed E-state index contributed by atoms with van der Waals surface area (Å²) in [6.07, 6.45) is 0.517. The van der Waals surface area contributed by atoms with E-state index in [1.54, 1.807) is 17.0 Å². The molecule has 0 saturated carbocycles. The molecule has 1 aromatic carbocycles. The molecule has 1 aliphatic rings. The van der Waals surface area contributed by atoms with Gasteiger partial charge in [-0.15, -0.1) is 11.8 Å². The first kappa shape index (κ1) is 18.4. The van der Waals surface area contributed by atoms with Gasteiger partial charge in [-0.1, -0.05) is 5.16 Å². The van der Waals surface area contributed by atoms with E-state index in [1.807, 2.05) is 0 Å². The molecule has 1 aliphatic heterocycles. The molecule has 0 radical (unpaired) electrons. The number of halogens is 1. The van der Waals surface area contributed by atoms with Crippen LogP contribution in [0.1, 0.15) is 12.3 Å². The number of methoxy groups -OCH3 is 1. The van der Waals surface area contributed by atoms with E-state index in [-0.39, 0.29) is 29.4 Å². The highest BCUT2D eigenvalue weighted by atomic mass is 32.2. The quantitative estimate of drug-likeness (QED) is 0.734. The van der Waals surface area contributed by atoms with Gasteiger partial charge >= 0.3 is 5.97 Å². The van der Waals surface area contributed by atoms with Crippen molar-refractivity contribution in [3.05, 3.63) is 36.0 Å². The number of hydrogen-bond acceptors (Lipinski definition) is 7. The van der Waals surface area contributed by atoms with Crippen LogP contribution in [0.2, 0.25) is 0 Å². The monoisotopic (exact) mass is 379 g/mol. The van der Waals surface area contributed by atoms with Crippen molar-refractivity contribution in [3.8, 4) is 11.4 Å². The largest absolute Gasteiger partial charge is 0.468 e. The molecule has 9 heteroatoms. The molecule has 1 aromatic heterocycles. The lowest BCUT2D eigenvalue weighted by molar-refractivity contribution is -0.141. The number of thioether (sulfide) groups is 1. The molecule has 1 atom stereocenters. The second-order valence-corrected chi connectivity index (χ2v) is 7.05. The molecule has 26 heavy (non-hydrogen) atoms. The molecule has 0 aliphatic carbocycles. The van der Waals surface area contributed by atoms with Crippen LogP contribution in [0.5, 0.6) is 0 Å². The number of nitrogens with zero attached hydrogens (tertiary/aromatic N) is 3. The topological polar surface area (TPSA) is 85.5 Å². The maximum Gasteiger partial charge on any atom is 0.320 e. The number of carbonyl (C=O) groups is 2. The van der Waals surface area contributed by atoms with Crippen LogP contribution in [0.15, 0.2) is 28.8 Å². The first-order valence-corrected chi connectivity index (χ1v) is 9.17. The fourth-order valence-electron chi connectivity index (χ4n) is 2.59. The zero-order valence-corrected chi connectivity index (χ0v) is 15.0. The molecule has 138 valence electrons. The van der Waals surface area contributed by atoms with Crippen LogP contribution in [0.4, 0.5) is 4.39 Å². The van der Waals surface area contributed by atoms with E-state index in [1.165, 1.54) is 31.0 Å². The minimum absolute atomic E-state index is 0.0688. The Morgan fingerprint density at radius 1 is 1.38 bits per heavy atom. The molecule has 0 spiro atoms. The summed E-state index contributed by atoms with van der Waals surface area (Å²) in [5.74, 6) is 0.670. The SMILES string of the molecule is COC(=O)[C@H]1CN(C(=O)CCc2nc(-c3ccc(F)cc3)no2)CCS1. The Bertz CT molecular complexity index is 781. The van der Waals surface area contributed by atoms with Crippen molar-refractivity contribution in [2.75, 3.05) is 26.0 Å². The van der Waals surface area contributed by atoms with Gasteiger partial charge in [-0.05, 0) is 24.3 Å². The third kappa shape index (κ3) is 4.40. The number of hydrogen-bond donors (Lipinski definition) is 0. The molecule has 0 N–H and O–H groups in total. The molecule has 2 heterocycles. The number of aromatic nitrogens is 2. The van der Waals surface area contributed by atoms with Gasteiger partial charge in [0, 0.05) is 37.2 Å². The Morgan fingerprint density at radius 3 is 2.88 bits per heavy atom. The van der Waals surface area contributed by atoms with Gasteiger partial charge in [-0.2, -0.15) is 4.98 Å².